The summed E-state index contributed by atoms with van der Waals surface area (Å²) in [5, 5.41) is 7.27. The van der Waals surface area contributed by atoms with Crippen LogP contribution in [0.15, 0.2) is 77.2 Å². The summed E-state index contributed by atoms with van der Waals surface area (Å²) < 4.78 is 18.6. The summed E-state index contributed by atoms with van der Waals surface area (Å²) in [7, 11) is 0. The number of benzene rings is 2. The lowest BCUT2D eigenvalue weighted by Crippen LogP contribution is -2.12. The fraction of sp³-hybridized carbons (Fsp3) is 0.200. The summed E-state index contributed by atoms with van der Waals surface area (Å²) in [6.45, 7) is 5.36. The standard InChI is InChI=1S/C25H25N3O4/c1-3-30-20-9-11-21(12-10-20)31-17-22-13-14-23(32-22)25(29)26-24-15-18(2)28(27-24)16-19-7-5-4-6-8-19/h4-15H,3,16-17H2,1-2H3,(H,26,27,29). The van der Waals surface area contributed by atoms with Crippen LogP contribution in [0.4, 0.5) is 5.82 Å². The van der Waals surface area contributed by atoms with E-state index in [1.165, 1.54) is 0 Å². The average molecular weight is 431 g/mol. The average Bonchev–Trinajstić information content (AvgIpc) is 3.41. The first-order valence-electron chi connectivity index (χ1n) is 10.4. The molecular formula is C25H25N3O4. The number of aromatic nitrogens is 2. The Morgan fingerprint density at radius 1 is 1.00 bits per heavy atom. The van der Waals surface area contributed by atoms with Crippen LogP contribution >= 0.6 is 0 Å². The molecule has 32 heavy (non-hydrogen) atoms. The topological polar surface area (TPSA) is 78.5 Å². The van der Waals surface area contributed by atoms with E-state index in [0.717, 1.165) is 17.0 Å². The Morgan fingerprint density at radius 3 is 2.44 bits per heavy atom. The first-order chi connectivity index (χ1) is 15.6. The largest absolute Gasteiger partial charge is 0.494 e. The summed E-state index contributed by atoms with van der Waals surface area (Å²) >= 11 is 0. The Morgan fingerprint density at radius 2 is 1.72 bits per heavy atom. The van der Waals surface area contributed by atoms with Crippen LogP contribution in [0.2, 0.25) is 0 Å². The summed E-state index contributed by atoms with van der Waals surface area (Å²) in [5.41, 5.74) is 2.09. The molecule has 1 amide bonds. The molecule has 2 heterocycles. The fourth-order valence-corrected chi connectivity index (χ4v) is 3.20. The number of amides is 1. The summed E-state index contributed by atoms with van der Waals surface area (Å²) in [4.78, 5) is 12.6. The Bertz CT molecular complexity index is 1160. The fourth-order valence-electron chi connectivity index (χ4n) is 3.20. The second kappa shape index (κ2) is 9.87. The van der Waals surface area contributed by atoms with Gasteiger partial charge in [0.2, 0.25) is 0 Å². The van der Waals surface area contributed by atoms with Gasteiger partial charge in [-0.2, -0.15) is 5.10 Å². The summed E-state index contributed by atoms with van der Waals surface area (Å²) in [6, 6.07) is 22.6. The molecule has 0 fully saturated rings. The van der Waals surface area contributed by atoms with E-state index in [2.05, 4.69) is 10.4 Å². The van der Waals surface area contributed by atoms with Crippen molar-refractivity contribution in [1.82, 2.24) is 9.78 Å². The first kappa shape index (κ1) is 21.2. The monoisotopic (exact) mass is 431 g/mol. The van der Waals surface area contributed by atoms with Crippen LogP contribution in [-0.4, -0.2) is 22.3 Å². The number of ether oxygens (including phenoxy) is 2. The van der Waals surface area contributed by atoms with Gasteiger partial charge < -0.3 is 19.2 Å². The number of nitrogens with one attached hydrogen (secondary N) is 1. The van der Waals surface area contributed by atoms with Crippen molar-refractivity contribution in [2.45, 2.75) is 27.0 Å². The van der Waals surface area contributed by atoms with Crippen molar-refractivity contribution in [3.8, 4) is 11.5 Å². The zero-order valence-electron chi connectivity index (χ0n) is 18.1. The lowest BCUT2D eigenvalue weighted by Gasteiger charge is -2.06. The zero-order chi connectivity index (χ0) is 22.3. The molecule has 0 spiro atoms. The van der Waals surface area contributed by atoms with E-state index in [-0.39, 0.29) is 18.3 Å². The van der Waals surface area contributed by atoms with E-state index in [0.29, 0.717) is 30.5 Å². The van der Waals surface area contributed by atoms with Crippen LogP contribution < -0.4 is 14.8 Å². The van der Waals surface area contributed by atoms with Gasteiger partial charge in [-0.15, -0.1) is 0 Å². The molecule has 4 aromatic rings. The van der Waals surface area contributed by atoms with Gasteiger partial charge in [-0.25, -0.2) is 0 Å². The van der Waals surface area contributed by atoms with Gasteiger partial charge in [0.25, 0.3) is 5.91 Å². The minimum absolute atomic E-state index is 0.200. The number of rotatable bonds is 9. The van der Waals surface area contributed by atoms with Crippen LogP contribution in [0, 0.1) is 6.92 Å². The van der Waals surface area contributed by atoms with Gasteiger partial charge in [-0.05, 0) is 55.8 Å². The number of furan rings is 1. The highest BCUT2D eigenvalue weighted by atomic mass is 16.5. The number of hydrogen-bond donors (Lipinski definition) is 1. The van der Waals surface area contributed by atoms with Crippen molar-refractivity contribution >= 4 is 11.7 Å². The molecule has 0 saturated heterocycles. The second-order valence-electron chi connectivity index (χ2n) is 7.23. The lowest BCUT2D eigenvalue weighted by molar-refractivity contribution is 0.0992. The van der Waals surface area contributed by atoms with Crippen molar-refractivity contribution in [2.75, 3.05) is 11.9 Å². The number of nitrogens with zero attached hydrogens (tertiary/aromatic N) is 2. The maximum atomic E-state index is 12.6. The van der Waals surface area contributed by atoms with Gasteiger partial charge >= 0.3 is 0 Å². The van der Waals surface area contributed by atoms with E-state index in [9.17, 15) is 4.79 Å². The molecule has 164 valence electrons. The molecular weight excluding hydrogens is 406 g/mol. The second-order valence-corrected chi connectivity index (χ2v) is 7.23. The van der Waals surface area contributed by atoms with Crippen LogP contribution in [0.5, 0.6) is 11.5 Å². The van der Waals surface area contributed by atoms with E-state index in [4.69, 9.17) is 13.9 Å². The normalized spacial score (nSPS) is 10.7. The first-order valence-corrected chi connectivity index (χ1v) is 10.4. The Kier molecular flexibility index (Phi) is 6.55. The molecule has 0 aliphatic rings. The zero-order valence-corrected chi connectivity index (χ0v) is 18.1. The minimum Gasteiger partial charge on any atom is -0.494 e. The third-order valence-electron chi connectivity index (χ3n) is 4.80. The smallest absolute Gasteiger partial charge is 0.292 e. The van der Waals surface area contributed by atoms with E-state index in [1.54, 1.807) is 12.1 Å². The van der Waals surface area contributed by atoms with Crippen molar-refractivity contribution in [1.29, 1.82) is 0 Å². The van der Waals surface area contributed by atoms with Crippen molar-refractivity contribution < 1.29 is 18.7 Å². The Labute approximate surface area is 186 Å². The Balaban J connectivity index is 1.33. The van der Waals surface area contributed by atoms with Gasteiger partial charge in [0, 0.05) is 11.8 Å². The quantitative estimate of drug-likeness (QED) is 0.401. The third-order valence-corrected chi connectivity index (χ3v) is 4.80. The minimum atomic E-state index is -0.360. The predicted molar refractivity (Wildman–Crippen MR) is 121 cm³/mol. The van der Waals surface area contributed by atoms with E-state index in [1.807, 2.05) is 79.2 Å². The van der Waals surface area contributed by atoms with Crippen LogP contribution in [0.25, 0.3) is 0 Å². The van der Waals surface area contributed by atoms with Gasteiger partial charge in [-0.3, -0.25) is 9.48 Å². The molecule has 0 saturated carbocycles. The molecule has 1 N–H and O–H groups in total. The van der Waals surface area contributed by atoms with E-state index >= 15 is 0 Å². The molecule has 7 heteroatoms. The van der Waals surface area contributed by atoms with Crippen molar-refractivity contribution in [3.05, 3.63) is 95.6 Å². The Hall–Kier alpha value is -4.00. The molecule has 4 rings (SSSR count). The van der Waals surface area contributed by atoms with Gasteiger partial charge in [0.05, 0.1) is 13.2 Å². The summed E-state index contributed by atoms with van der Waals surface area (Å²) in [5.74, 6) is 2.35. The number of hydrogen-bond acceptors (Lipinski definition) is 5. The van der Waals surface area contributed by atoms with Crippen LogP contribution in [0.3, 0.4) is 0 Å². The van der Waals surface area contributed by atoms with Gasteiger partial charge in [0.15, 0.2) is 11.6 Å². The van der Waals surface area contributed by atoms with Crippen LogP contribution in [0.1, 0.15) is 34.5 Å². The van der Waals surface area contributed by atoms with E-state index < -0.39 is 0 Å². The molecule has 2 aromatic carbocycles. The van der Waals surface area contributed by atoms with Crippen molar-refractivity contribution in [3.63, 3.8) is 0 Å². The lowest BCUT2D eigenvalue weighted by atomic mass is 10.2. The third kappa shape index (κ3) is 5.37. The molecule has 0 atom stereocenters. The predicted octanol–water partition coefficient (Wildman–Crippen LogP) is 5.06. The number of anilines is 1. The molecule has 0 unspecified atom stereocenters. The highest BCUT2D eigenvalue weighted by Gasteiger charge is 2.14. The van der Waals surface area contributed by atoms with Crippen molar-refractivity contribution in [2.24, 2.45) is 0 Å². The number of carbonyl (C=O) groups excluding carboxylic acids is 1. The molecule has 2 aromatic heterocycles. The maximum absolute atomic E-state index is 12.6. The maximum Gasteiger partial charge on any atom is 0.292 e. The number of aryl methyl sites for hydroxylation is 1. The molecule has 0 aliphatic heterocycles. The number of carbonyl (C=O) groups is 1. The molecule has 0 aliphatic carbocycles. The highest BCUT2D eigenvalue weighted by molar-refractivity contribution is 6.01. The summed E-state index contributed by atoms with van der Waals surface area (Å²) in [6.07, 6.45) is 0. The molecule has 7 nitrogen and oxygen atoms in total. The van der Waals surface area contributed by atoms with Crippen LogP contribution in [-0.2, 0) is 13.2 Å². The van der Waals surface area contributed by atoms with Gasteiger partial charge in [-0.1, -0.05) is 30.3 Å². The SMILES string of the molecule is CCOc1ccc(OCc2ccc(C(=O)Nc3cc(C)n(Cc4ccccc4)n3)o2)cc1. The molecule has 0 radical (unpaired) electrons. The van der Waals surface area contributed by atoms with Gasteiger partial charge in [0.1, 0.15) is 23.9 Å². The highest BCUT2D eigenvalue weighted by Crippen LogP contribution is 2.20. The molecule has 0 bridgehead atoms.